The van der Waals surface area contributed by atoms with Crippen LogP contribution in [0.15, 0.2) is 36.7 Å². The van der Waals surface area contributed by atoms with Crippen molar-refractivity contribution in [2.75, 3.05) is 11.9 Å². The van der Waals surface area contributed by atoms with E-state index in [1.165, 1.54) is 17.4 Å². The molecule has 0 spiro atoms. The second-order valence-electron chi connectivity index (χ2n) is 6.93. The molecule has 0 radical (unpaired) electrons. The van der Waals surface area contributed by atoms with Gasteiger partial charge in [-0.1, -0.05) is 13.3 Å². The molecule has 0 aromatic carbocycles. The Morgan fingerprint density at radius 1 is 1.25 bits per heavy atom. The summed E-state index contributed by atoms with van der Waals surface area (Å²) in [7, 11) is 0. The van der Waals surface area contributed by atoms with E-state index in [9.17, 15) is 9.18 Å². The van der Waals surface area contributed by atoms with E-state index in [0.29, 0.717) is 40.1 Å². The number of halogens is 1. The number of nitrogens with zero attached hydrogens (tertiary/aromatic N) is 4. The molecule has 28 heavy (non-hydrogen) atoms. The Hall–Kier alpha value is -2.74. The molecule has 3 aromatic rings. The molecule has 0 atom stereocenters. The predicted octanol–water partition coefficient (Wildman–Crippen LogP) is 4.26. The molecule has 4 rings (SSSR count). The number of thiazole rings is 1. The number of Topliss-reactive ketones (excluding diaryl/α,β-unsaturated/α-hetero) is 1. The minimum Gasteiger partial charge on any atom is -0.368 e. The van der Waals surface area contributed by atoms with Gasteiger partial charge in [0.2, 0.25) is 0 Å². The first-order valence-electron chi connectivity index (χ1n) is 9.29. The summed E-state index contributed by atoms with van der Waals surface area (Å²) < 4.78 is 14.2. The van der Waals surface area contributed by atoms with Gasteiger partial charge in [0, 0.05) is 30.8 Å². The number of anilines is 1. The first-order valence-corrected chi connectivity index (χ1v) is 10.1. The molecule has 6 nitrogen and oxygen atoms in total. The van der Waals surface area contributed by atoms with E-state index in [-0.39, 0.29) is 17.0 Å². The third-order valence-corrected chi connectivity index (χ3v) is 6.23. The summed E-state index contributed by atoms with van der Waals surface area (Å²) in [6.45, 7) is 2.38. The molecule has 0 bridgehead atoms. The van der Waals surface area contributed by atoms with Gasteiger partial charge in [-0.2, -0.15) is 0 Å². The molecular formula is C20H20FN5OS. The molecule has 0 amide bonds. The number of hydrogen-bond donors (Lipinski definition) is 1. The Kier molecular flexibility index (Phi) is 5.13. The van der Waals surface area contributed by atoms with Crippen molar-refractivity contribution in [3.63, 3.8) is 0 Å². The number of hydrogen-bond acceptors (Lipinski definition) is 7. The van der Waals surface area contributed by atoms with E-state index in [2.05, 4.69) is 25.5 Å². The molecule has 1 aliphatic rings. The summed E-state index contributed by atoms with van der Waals surface area (Å²) in [6, 6.07) is 6.72. The van der Waals surface area contributed by atoms with Crippen LogP contribution in [0.4, 0.5) is 10.2 Å². The fourth-order valence-electron chi connectivity index (χ4n) is 3.37. The van der Waals surface area contributed by atoms with E-state index in [4.69, 9.17) is 0 Å². The minimum atomic E-state index is -0.295. The molecule has 1 fully saturated rings. The maximum absolute atomic E-state index is 14.2. The summed E-state index contributed by atoms with van der Waals surface area (Å²) in [5.41, 5.74) is 0.852. The number of rotatable bonds is 7. The van der Waals surface area contributed by atoms with E-state index < -0.39 is 0 Å². The molecule has 3 aromatic heterocycles. The minimum absolute atomic E-state index is 0.0718. The maximum Gasteiger partial charge on any atom is 0.174 e. The third kappa shape index (κ3) is 3.52. The fraction of sp³-hybridized carbons (Fsp3) is 0.350. The number of carbonyl (C=O) groups excluding carboxylic acids is 1. The molecule has 1 saturated carbocycles. The highest BCUT2D eigenvalue weighted by Gasteiger charge is 2.41. The highest BCUT2D eigenvalue weighted by Crippen LogP contribution is 2.43. The van der Waals surface area contributed by atoms with Crippen molar-refractivity contribution in [3.05, 3.63) is 53.0 Å². The lowest BCUT2D eigenvalue weighted by molar-refractivity contribution is 0.0992. The van der Waals surface area contributed by atoms with Crippen LogP contribution in [0.3, 0.4) is 0 Å². The van der Waals surface area contributed by atoms with Crippen molar-refractivity contribution < 1.29 is 9.18 Å². The third-order valence-electron chi connectivity index (χ3n) is 5.16. The zero-order chi connectivity index (χ0) is 19.6. The normalized spacial score (nSPS) is 15.1. The number of ketones is 1. The Labute approximate surface area is 166 Å². The number of aromatic nitrogens is 4. The van der Waals surface area contributed by atoms with Gasteiger partial charge in [-0.15, -0.1) is 21.5 Å². The smallest absolute Gasteiger partial charge is 0.174 e. The molecule has 3 heterocycles. The summed E-state index contributed by atoms with van der Waals surface area (Å²) in [6.07, 6.45) is 6.53. The van der Waals surface area contributed by atoms with Crippen LogP contribution in [0, 0.1) is 5.82 Å². The summed E-state index contributed by atoms with van der Waals surface area (Å²) in [5.74, 6) is 0.432. The van der Waals surface area contributed by atoms with Gasteiger partial charge in [-0.05, 0) is 37.1 Å². The SMILES string of the molecule is CCC(=O)c1cnc(-c2ccc(NCC3(c4ncccc4F)CCC3)nn2)s1. The molecular weight excluding hydrogens is 377 g/mol. The van der Waals surface area contributed by atoms with Crippen molar-refractivity contribution in [3.8, 4) is 10.7 Å². The van der Waals surface area contributed by atoms with E-state index >= 15 is 0 Å². The van der Waals surface area contributed by atoms with Crippen LogP contribution in [-0.2, 0) is 5.41 Å². The van der Waals surface area contributed by atoms with Crippen molar-refractivity contribution in [2.24, 2.45) is 0 Å². The topological polar surface area (TPSA) is 80.7 Å². The Balaban J connectivity index is 1.46. The van der Waals surface area contributed by atoms with Crippen LogP contribution < -0.4 is 5.32 Å². The summed E-state index contributed by atoms with van der Waals surface area (Å²) in [5, 5.41) is 12.4. The fourth-order valence-corrected chi connectivity index (χ4v) is 4.26. The van der Waals surface area contributed by atoms with Gasteiger partial charge in [-0.25, -0.2) is 9.37 Å². The lowest BCUT2D eigenvalue weighted by Gasteiger charge is -2.41. The molecule has 144 valence electrons. The van der Waals surface area contributed by atoms with Gasteiger partial charge in [0.25, 0.3) is 0 Å². The first-order chi connectivity index (χ1) is 13.6. The molecule has 0 aliphatic heterocycles. The van der Waals surface area contributed by atoms with Crippen molar-refractivity contribution in [2.45, 2.75) is 38.0 Å². The average Bonchev–Trinajstić information content (AvgIpc) is 3.18. The monoisotopic (exact) mass is 397 g/mol. The quantitative estimate of drug-likeness (QED) is 0.600. The van der Waals surface area contributed by atoms with Crippen LogP contribution in [0.5, 0.6) is 0 Å². The van der Waals surface area contributed by atoms with Gasteiger partial charge in [0.1, 0.15) is 22.3 Å². The van der Waals surface area contributed by atoms with Gasteiger partial charge in [0.15, 0.2) is 5.78 Å². The second kappa shape index (κ2) is 7.71. The van der Waals surface area contributed by atoms with Crippen LogP contribution in [-0.4, -0.2) is 32.5 Å². The van der Waals surface area contributed by atoms with Crippen LogP contribution in [0.25, 0.3) is 10.7 Å². The summed E-state index contributed by atoms with van der Waals surface area (Å²) >= 11 is 1.32. The average molecular weight is 397 g/mol. The predicted molar refractivity (Wildman–Crippen MR) is 106 cm³/mol. The van der Waals surface area contributed by atoms with Crippen LogP contribution >= 0.6 is 11.3 Å². The van der Waals surface area contributed by atoms with E-state index in [0.717, 1.165) is 19.3 Å². The molecule has 1 N–H and O–H groups in total. The first kappa shape index (κ1) is 18.6. The zero-order valence-corrected chi connectivity index (χ0v) is 16.3. The van der Waals surface area contributed by atoms with Crippen molar-refractivity contribution in [1.29, 1.82) is 0 Å². The lowest BCUT2D eigenvalue weighted by Crippen LogP contribution is -2.42. The van der Waals surface area contributed by atoms with E-state index in [1.54, 1.807) is 18.5 Å². The molecule has 0 unspecified atom stereocenters. The zero-order valence-electron chi connectivity index (χ0n) is 15.5. The largest absolute Gasteiger partial charge is 0.368 e. The number of pyridine rings is 1. The van der Waals surface area contributed by atoms with Crippen LogP contribution in [0.1, 0.15) is 48.0 Å². The Bertz CT molecular complexity index is 984. The second-order valence-corrected chi connectivity index (χ2v) is 7.96. The van der Waals surface area contributed by atoms with Gasteiger partial charge >= 0.3 is 0 Å². The Morgan fingerprint density at radius 2 is 2.11 bits per heavy atom. The van der Waals surface area contributed by atoms with Gasteiger partial charge in [0.05, 0.1) is 10.6 Å². The molecule has 8 heteroatoms. The molecule has 1 aliphatic carbocycles. The lowest BCUT2D eigenvalue weighted by atomic mass is 9.66. The van der Waals surface area contributed by atoms with Gasteiger partial charge < -0.3 is 5.32 Å². The Morgan fingerprint density at radius 3 is 2.75 bits per heavy atom. The van der Waals surface area contributed by atoms with Crippen molar-refractivity contribution in [1.82, 2.24) is 20.2 Å². The highest BCUT2D eigenvalue weighted by molar-refractivity contribution is 7.16. The number of carbonyl (C=O) groups is 1. The van der Waals surface area contributed by atoms with Crippen molar-refractivity contribution >= 4 is 22.9 Å². The van der Waals surface area contributed by atoms with Crippen LogP contribution in [0.2, 0.25) is 0 Å². The number of nitrogens with one attached hydrogen (secondary N) is 1. The summed E-state index contributed by atoms with van der Waals surface area (Å²) in [4.78, 5) is 20.9. The molecule has 0 saturated heterocycles. The maximum atomic E-state index is 14.2. The standard InChI is InChI=1S/C20H20FN5OS/c1-2-15(27)16-11-23-19(28-16)14-6-7-17(26-25-14)24-12-20(8-4-9-20)18-13(21)5-3-10-22-18/h3,5-7,10-11H,2,4,8-9,12H2,1H3,(H,24,26). The van der Waals surface area contributed by atoms with Gasteiger partial charge in [-0.3, -0.25) is 9.78 Å². The van der Waals surface area contributed by atoms with E-state index in [1.807, 2.05) is 19.1 Å². The highest BCUT2D eigenvalue weighted by atomic mass is 32.1.